The standard InChI is InChI=1S/C15H22F10O8/c1-2-4-29-8-11(16,17)31-13(20,21)14(22,23)33-15(24,25)32-12(18,19)9-30-7-10(27)6-28-5-3-26/h10,26-27H,2-9H2,1H3. The van der Waals surface area contributed by atoms with E-state index in [0.717, 1.165) is 0 Å². The van der Waals surface area contributed by atoms with Gasteiger partial charge in [-0.05, 0) is 6.42 Å². The summed E-state index contributed by atoms with van der Waals surface area (Å²) in [5.41, 5.74) is 0. The molecule has 0 aromatic heterocycles. The van der Waals surface area contributed by atoms with Crippen LogP contribution in [0.1, 0.15) is 13.3 Å². The van der Waals surface area contributed by atoms with Gasteiger partial charge in [0.25, 0.3) is 0 Å². The van der Waals surface area contributed by atoms with Gasteiger partial charge in [-0.3, -0.25) is 0 Å². The Kier molecular flexibility index (Phi) is 12.8. The molecule has 8 nitrogen and oxygen atoms in total. The van der Waals surface area contributed by atoms with Crippen LogP contribution in [0.15, 0.2) is 0 Å². The average Bonchev–Trinajstić information content (AvgIpc) is 2.58. The fourth-order valence-corrected chi connectivity index (χ4v) is 1.69. The van der Waals surface area contributed by atoms with Crippen LogP contribution >= 0.6 is 0 Å². The molecule has 33 heavy (non-hydrogen) atoms. The van der Waals surface area contributed by atoms with E-state index < -0.39 is 76.5 Å². The van der Waals surface area contributed by atoms with Crippen molar-refractivity contribution in [2.24, 2.45) is 0 Å². The van der Waals surface area contributed by atoms with Crippen LogP contribution in [0.4, 0.5) is 43.9 Å². The molecule has 0 rings (SSSR count). The Hall–Kier alpha value is -1.02. The number of aliphatic hydroxyl groups excluding tert-OH is 2. The maximum atomic E-state index is 13.3. The van der Waals surface area contributed by atoms with Crippen LogP contribution in [0, 0.1) is 0 Å². The molecule has 0 bridgehead atoms. The minimum absolute atomic E-state index is 0.129. The second kappa shape index (κ2) is 13.2. The summed E-state index contributed by atoms with van der Waals surface area (Å²) in [6.45, 7) is -5.20. The van der Waals surface area contributed by atoms with Crippen molar-refractivity contribution in [3.8, 4) is 0 Å². The minimum Gasteiger partial charge on any atom is -0.394 e. The smallest absolute Gasteiger partial charge is 0.394 e. The third-order valence-corrected chi connectivity index (χ3v) is 2.88. The molecule has 0 aliphatic heterocycles. The van der Waals surface area contributed by atoms with E-state index in [9.17, 15) is 49.0 Å². The number of ether oxygens (including phenoxy) is 6. The lowest BCUT2D eigenvalue weighted by Crippen LogP contribution is -2.54. The normalized spacial score (nSPS) is 15.2. The lowest BCUT2D eigenvalue weighted by atomic mass is 10.4. The molecule has 0 aromatic rings. The van der Waals surface area contributed by atoms with Gasteiger partial charge < -0.3 is 24.4 Å². The zero-order chi connectivity index (χ0) is 26.0. The summed E-state index contributed by atoms with van der Waals surface area (Å²) in [5.74, 6) is 0. The number of alkyl halides is 10. The van der Waals surface area contributed by atoms with Crippen molar-refractivity contribution in [2.75, 3.05) is 46.2 Å². The SMILES string of the molecule is CCCOCC(F)(F)OC(F)(F)C(F)(F)OC(F)(F)OC(F)(F)COCC(O)COCCO. The maximum absolute atomic E-state index is 13.3. The van der Waals surface area contributed by atoms with Gasteiger partial charge in [0.15, 0.2) is 0 Å². The van der Waals surface area contributed by atoms with Crippen molar-refractivity contribution in [1.29, 1.82) is 0 Å². The molecule has 2 N–H and O–H groups in total. The second-order valence-corrected chi connectivity index (χ2v) is 6.10. The third kappa shape index (κ3) is 13.5. The molecule has 1 atom stereocenters. The Morgan fingerprint density at radius 2 is 1.15 bits per heavy atom. The van der Waals surface area contributed by atoms with Crippen molar-refractivity contribution in [3.63, 3.8) is 0 Å². The van der Waals surface area contributed by atoms with Gasteiger partial charge in [0.2, 0.25) is 0 Å². The number of halogens is 10. The summed E-state index contributed by atoms with van der Waals surface area (Å²) in [6.07, 6.45) is -30.9. The summed E-state index contributed by atoms with van der Waals surface area (Å²) in [4.78, 5) is 0. The first-order chi connectivity index (χ1) is 14.9. The molecular formula is C15H22F10O8. The van der Waals surface area contributed by atoms with Crippen LogP contribution in [-0.2, 0) is 28.4 Å². The predicted molar refractivity (Wildman–Crippen MR) is 83.8 cm³/mol. The Morgan fingerprint density at radius 3 is 1.70 bits per heavy atom. The van der Waals surface area contributed by atoms with Crippen LogP contribution in [0.5, 0.6) is 0 Å². The van der Waals surface area contributed by atoms with E-state index in [-0.39, 0.29) is 13.0 Å². The highest BCUT2D eigenvalue weighted by molar-refractivity contribution is 4.71. The molecule has 0 radical (unpaired) electrons. The number of hydrogen-bond acceptors (Lipinski definition) is 8. The summed E-state index contributed by atoms with van der Waals surface area (Å²) in [5, 5.41) is 17.7. The van der Waals surface area contributed by atoms with E-state index in [1.807, 2.05) is 0 Å². The summed E-state index contributed by atoms with van der Waals surface area (Å²) in [6, 6.07) is 0. The quantitative estimate of drug-likeness (QED) is 0.153. The van der Waals surface area contributed by atoms with Crippen LogP contribution in [-0.4, -0.2) is 93.3 Å². The highest BCUT2D eigenvalue weighted by Crippen LogP contribution is 2.44. The maximum Gasteiger partial charge on any atom is 0.495 e. The predicted octanol–water partition coefficient (Wildman–Crippen LogP) is 2.77. The van der Waals surface area contributed by atoms with E-state index in [0.29, 0.717) is 0 Å². The summed E-state index contributed by atoms with van der Waals surface area (Å²) >= 11 is 0. The lowest BCUT2D eigenvalue weighted by molar-refractivity contribution is -0.566. The summed E-state index contributed by atoms with van der Waals surface area (Å²) in [7, 11) is 0. The van der Waals surface area contributed by atoms with Gasteiger partial charge in [-0.1, -0.05) is 6.92 Å². The fourth-order valence-electron chi connectivity index (χ4n) is 1.69. The highest BCUT2D eigenvalue weighted by atomic mass is 19.3. The van der Waals surface area contributed by atoms with Gasteiger partial charge in [0, 0.05) is 6.61 Å². The molecule has 0 aliphatic rings. The second-order valence-electron chi connectivity index (χ2n) is 6.10. The third-order valence-electron chi connectivity index (χ3n) is 2.88. The van der Waals surface area contributed by atoms with E-state index in [4.69, 9.17) is 5.11 Å². The van der Waals surface area contributed by atoms with E-state index in [2.05, 4.69) is 28.4 Å². The van der Waals surface area contributed by atoms with Gasteiger partial charge >= 0.3 is 30.7 Å². The van der Waals surface area contributed by atoms with Crippen LogP contribution in [0.2, 0.25) is 0 Å². The largest absolute Gasteiger partial charge is 0.495 e. The molecule has 0 saturated carbocycles. The van der Waals surface area contributed by atoms with Crippen LogP contribution in [0.3, 0.4) is 0 Å². The summed E-state index contributed by atoms with van der Waals surface area (Å²) < 4.78 is 153. The van der Waals surface area contributed by atoms with Crippen molar-refractivity contribution in [3.05, 3.63) is 0 Å². The van der Waals surface area contributed by atoms with Gasteiger partial charge in [-0.25, -0.2) is 14.2 Å². The van der Waals surface area contributed by atoms with Crippen molar-refractivity contribution >= 4 is 0 Å². The zero-order valence-corrected chi connectivity index (χ0v) is 16.9. The number of rotatable bonds is 19. The number of aliphatic hydroxyl groups is 2. The minimum atomic E-state index is -6.58. The van der Waals surface area contributed by atoms with Crippen LogP contribution in [0.25, 0.3) is 0 Å². The van der Waals surface area contributed by atoms with Gasteiger partial charge in [0.05, 0.1) is 26.4 Å². The highest BCUT2D eigenvalue weighted by Gasteiger charge is 2.68. The molecular weight excluding hydrogens is 498 g/mol. The molecule has 0 fully saturated rings. The number of hydrogen-bond donors (Lipinski definition) is 2. The first-order valence-electron chi connectivity index (χ1n) is 8.90. The van der Waals surface area contributed by atoms with Crippen LogP contribution < -0.4 is 0 Å². The van der Waals surface area contributed by atoms with E-state index >= 15 is 0 Å². The van der Waals surface area contributed by atoms with Gasteiger partial charge in [0.1, 0.15) is 19.3 Å². The molecule has 0 spiro atoms. The Bertz CT molecular complexity index is 553. The topological polar surface area (TPSA) is 95.8 Å². The van der Waals surface area contributed by atoms with Gasteiger partial charge in [-0.15, -0.1) is 8.78 Å². The molecule has 1 unspecified atom stereocenters. The first-order valence-corrected chi connectivity index (χ1v) is 8.90. The Balaban J connectivity index is 4.88. The monoisotopic (exact) mass is 520 g/mol. The zero-order valence-electron chi connectivity index (χ0n) is 16.9. The average molecular weight is 520 g/mol. The molecule has 0 aromatic carbocycles. The van der Waals surface area contributed by atoms with Crippen molar-refractivity contribution in [1.82, 2.24) is 0 Å². The van der Waals surface area contributed by atoms with Crippen molar-refractivity contribution < 1.29 is 82.5 Å². The Morgan fingerprint density at radius 1 is 0.667 bits per heavy atom. The molecule has 0 saturated heterocycles. The Labute approximate surface area is 180 Å². The fraction of sp³-hybridized carbons (Fsp3) is 1.00. The molecule has 0 aliphatic carbocycles. The van der Waals surface area contributed by atoms with Crippen molar-refractivity contribution in [2.45, 2.75) is 50.2 Å². The molecule has 200 valence electrons. The van der Waals surface area contributed by atoms with E-state index in [1.54, 1.807) is 0 Å². The van der Waals surface area contributed by atoms with Gasteiger partial charge in [-0.2, -0.15) is 35.1 Å². The first kappa shape index (κ1) is 32.0. The van der Waals surface area contributed by atoms with E-state index in [1.165, 1.54) is 6.92 Å². The lowest BCUT2D eigenvalue weighted by Gasteiger charge is -2.31. The molecule has 18 heteroatoms. The molecule has 0 heterocycles. The molecule has 0 amide bonds.